The smallest absolute Gasteiger partial charge is 0.305 e. The van der Waals surface area contributed by atoms with E-state index in [-0.39, 0.29) is 24.5 Å². The van der Waals surface area contributed by atoms with E-state index in [0.29, 0.717) is 0 Å². The van der Waals surface area contributed by atoms with Crippen molar-refractivity contribution in [2.45, 2.75) is 57.6 Å². The van der Waals surface area contributed by atoms with Crippen LogP contribution in [0.4, 0.5) is 0 Å². The van der Waals surface area contributed by atoms with Crippen molar-refractivity contribution < 1.29 is 19.4 Å². The molecule has 0 atom stereocenters. The molecule has 0 radical (unpaired) electrons. The lowest BCUT2D eigenvalue weighted by Crippen LogP contribution is -2.55. The molecule has 5 heteroatoms. The molecule has 0 bridgehead atoms. The maximum absolute atomic E-state index is 11.7. The Morgan fingerprint density at radius 3 is 2.29 bits per heavy atom. The van der Waals surface area contributed by atoms with Crippen molar-refractivity contribution in [3.8, 4) is 0 Å². The number of carboxylic acid groups (broad SMARTS) is 1. The third-order valence-electron chi connectivity index (χ3n) is 2.84. The Kier molecular flexibility index (Phi) is 4.14. The molecule has 17 heavy (non-hydrogen) atoms. The van der Waals surface area contributed by atoms with Gasteiger partial charge in [-0.3, -0.25) is 9.59 Å². The van der Waals surface area contributed by atoms with Crippen molar-refractivity contribution in [1.29, 1.82) is 0 Å². The molecule has 0 aromatic carbocycles. The van der Waals surface area contributed by atoms with Gasteiger partial charge >= 0.3 is 5.97 Å². The van der Waals surface area contributed by atoms with Gasteiger partial charge in [-0.1, -0.05) is 0 Å². The van der Waals surface area contributed by atoms with Gasteiger partial charge in [-0.25, -0.2) is 0 Å². The lowest BCUT2D eigenvalue weighted by atomic mass is 9.74. The maximum atomic E-state index is 11.7. The number of carbonyl (C=O) groups excluding carboxylic acids is 1. The second-order valence-corrected chi connectivity index (χ2v) is 5.65. The van der Waals surface area contributed by atoms with Crippen LogP contribution in [0.25, 0.3) is 0 Å². The van der Waals surface area contributed by atoms with Gasteiger partial charge in [0.25, 0.3) is 0 Å². The minimum atomic E-state index is -0.873. The van der Waals surface area contributed by atoms with Crippen LogP contribution in [0.5, 0.6) is 0 Å². The van der Waals surface area contributed by atoms with Gasteiger partial charge < -0.3 is 15.2 Å². The molecule has 0 saturated heterocycles. The first-order valence-electron chi connectivity index (χ1n) is 5.89. The second-order valence-electron chi connectivity index (χ2n) is 5.65. The Balaban J connectivity index is 2.41. The highest BCUT2D eigenvalue weighted by Crippen LogP contribution is 2.34. The number of hydrogen-bond acceptors (Lipinski definition) is 3. The van der Waals surface area contributed by atoms with Gasteiger partial charge in [0, 0.05) is 0 Å². The van der Waals surface area contributed by atoms with Gasteiger partial charge in [0.1, 0.15) is 6.61 Å². The Labute approximate surface area is 102 Å². The summed E-state index contributed by atoms with van der Waals surface area (Å²) >= 11 is 0. The third-order valence-corrected chi connectivity index (χ3v) is 2.84. The number of aliphatic carboxylic acids is 1. The minimum Gasteiger partial charge on any atom is -0.481 e. The van der Waals surface area contributed by atoms with E-state index >= 15 is 0 Å². The lowest BCUT2D eigenvalue weighted by molar-refractivity contribution is -0.141. The molecular formula is C12H21NO4. The van der Waals surface area contributed by atoms with Crippen molar-refractivity contribution >= 4 is 11.9 Å². The van der Waals surface area contributed by atoms with Crippen LogP contribution in [0.3, 0.4) is 0 Å². The van der Waals surface area contributed by atoms with E-state index in [9.17, 15) is 9.59 Å². The number of hydrogen-bond donors (Lipinski definition) is 2. The normalized spacial score (nSPS) is 18.3. The molecule has 0 aromatic heterocycles. The first-order valence-corrected chi connectivity index (χ1v) is 5.89. The molecule has 1 aliphatic rings. The zero-order valence-corrected chi connectivity index (χ0v) is 10.7. The number of ether oxygens (including phenoxy) is 1. The van der Waals surface area contributed by atoms with Crippen LogP contribution in [0, 0.1) is 0 Å². The topological polar surface area (TPSA) is 75.6 Å². The zero-order valence-electron chi connectivity index (χ0n) is 10.7. The molecule has 2 N–H and O–H groups in total. The van der Waals surface area contributed by atoms with Crippen molar-refractivity contribution in [2.75, 3.05) is 6.61 Å². The lowest BCUT2D eigenvalue weighted by Gasteiger charge is -2.41. The Morgan fingerprint density at radius 2 is 1.94 bits per heavy atom. The maximum Gasteiger partial charge on any atom is 0.305 e. The average Bonchev–Trinajstić information content (AvgIpc) is 2.09. The van der Waals surface area contributed by atoms with E-state index in [1.165, 1.54) is 0 Å². The molecule has 1 amide bonds. The van der Waals surface area contributed by atoms with Crippen molar-refractivity contribution in [3.63, 3.8) is 0 Å². The molecule has 0 unspecified atom stereocenters. The largest absolute Gasteiger partial charge is 0.481 e. The third kappa shape index (κ3) is 4.73. The minimum absolute atomic E-state index is 0.00570. The number of rotatable bonds is 5. The summed E-state index contributed by atoms with van der Waals surface area (Å²) in [4.78, 5) is 22.4. The molecule has 0 aliphatic heterocycles. The van der Waals surface area contributed by atoms with Crippen LogP contribution >= 0.6 is 0 Å². The summed E-state index contributed by atoms with van der Waals surface area (Å²) in [6, 6.07) is 0. The molecule has 1 aliphatic carbocycles. The van der Waals surface area contributed by atoms with E-state index in [1.807, 2.05) is 20.8 Å². The van der Waals surface area contributed by atoms with Gasteiger partial charge in [-0.2, -0.15) is 0 Å². The summed E-state index contributed by atoms with van der Waals surface area (Å²) in [5.74, 6) is -1.11. The summed E-state index contributed by atoms with van der Waals surface area (Å²) in [6.45, 7) is 5.59. The Bertz CT molecular complexity index is 302. The summed E-state index contributed by atoms with van der Waals surface area (Å²) < 4.78 is 5.35. The van der Waals surface area contributed by atoms with Crippen molar-refractivity contribution in [3.05, 3.63) is 0 Å². The molecule has 1 fully saturated rings. The van der Waals surface area contributed by atoms with Gasteiger partial charge in [0.05, 0.1) is 17.6 Å². The highest BCUT2D eigenvalue weighted by molar-refractivity contribution is 5.79. The first-order chi connectivity index (χ1) is 7.72. The van der Waals surface area contributed by atoms with Gasteiger partial charge in [-0.15, -0.1) is 0 Å². The molecule has 0 heterocycles. The Morgan fingerprint density at radius 1 is 1.35 bits per heavy atom. The van der Waals surface area contributed by atoms with Crippen LogP contribution in [0.1, 0.15) is 46.5 Å². The highest BCUT2D eigenvalue weighted by Gasteiger charge is 2.40. The van der Waals surface area contributed by atoms with E-state index in [1.54, 1.807) is 0 Å². The van der Waals surface area contributed by atoms with E-state index in [0.717, 1.165) is 19.3 Å². The van der Waals surface area contributed by atoms with E-state index in [4.69, 9.17) is 9.84 Å². The van der Waals surface area contributed by atoms with Crippen LogP contribution in [0.2, 0.25) is 0 Å². The second kappa shape index (κ2) is 5.04. The van der Waals surface area contributed by atoms with Crippen LogP contribution in [0.15, 0.2) is 0 Å². The van der Waals surface area contributed by atoms with Gasteiger partial charge in [-0.05, 0) is 40.0 Å². The molecular weight excluding hydrogens is 222 g/mol. The average molecular weight is 243 g/mol. The number of carboxylic acids is 1. The molecule has 0 aromatic rings. The number of carbonyl (C=O) groups is 2. The fraction of sp³-hybridized carbons (Fsp3) is 0.833. The summed E-state index contributed by atoms with van der Waals surface area (Å²) in [5, 5.41) is 11.6. The number of nitrogens with one attached hydrogen (secondary N) is 1. The fourth-order valence-electron chi connectivity index (χ4n) is 1.85. The molecule has 1 saturated carbocycles. The van der Waals surface area contributed by atoms with Gasteiger partial charge in [0.15, 0.2) is 0 Å². The Hall–Kier alpha value is -1.10. The predicted octanol–water partition coefficient (Wildman–Crippen LogP) is 1.32. The molecule has 1 rings (SSSR count). The van der Waals surface area contributed by atoms with Crippen LogP contribution in [-0.2, 0) is 14.3 Å². The molecule has 5 nitrogen and oxygen atoms in total. The van der Waals surface area contributed by atoms with Crippen LogP contribution < -0.4 is 5.32 Å². The van der Waals surface area contributed by atoms with Crippen molar-refractivity contribution in [1.82, 2.24) is 5.32 Å². The molecule has 0 spiro atoms. The quantitative estimate of drug-likeness (QED) is 0.763. The van der Waals surface area contributed by atoms with Crippen molar-refractivity contribution in [2.24, 2.45) is 0 Å². The summed E-state index contributed by atoms with van der Waals surface area (Å²) in [5.41, 5.74) is -0.902. The monoisotopic (exact) mass is 243 g/mol. The molecule has 98 valence electrons. The summed E-state index contributed by atoms with van der Waals surface area (Å²) in [6.07, 6.45) is 2.43. The summed E-state index contributed by atoms with van der Waals surface area (Å²) in [7, 11) is 0. The highest BCUT2D eigenvalue weighted by atomic mass is 16.5. The predicted molar refractivity (Wildman–Crippen MR) is 62.7 cm³/mol. The standard InChI is InChI=1S/C12H21NO4/c1-11(2,3)17-8-9(14)13-12(5-4-6-12)7-10(15)16/h4-8H2,1-3H3,(H,13,14)(H,15,16). The zero-order chi connectivity index (χ0) is 13.1. The van der Waals surface area contributed by atoms with E-state index < -0.39 is 11.5 Å². The van der Waals surface area contributed by atoms with Crippen LogP contribution in [-0.4, -0.2) is 34.7 Å². The van der Waals surface area contributed by atoms with Gasteiger partial charge in [0.2, 0.25) is 5.91 Å². The number of amides is 1. The SMILES string of the molecule is CC(C)(C)OCC(=O)NC1(CC(=O)O)CCC1. The first kappa shape index (κ1) is 14.0. The fourth-order valence-corrected chi connectivity index (χ4v) is 1.85. The van der Waals surface area contributed by atoms with E-state index in [2.05, 4.69) is 5.32 Å².